The van der Waals surface area contributed by atoms with Gasteiger partial charge in [-0.2, -0.15) is 0 Å². The van der Waals surface area contributed by atoms with Crippen LogP contribution in [0, 0.1) is 5.92 Å². The molecule has 2 atom stereocenters. The van der Waals surface area contributed by atoms with Crippen LogP contribution in [0.3, 0.4) is 0 Å². The maximum Gasteiger partial charge on any atom is 0.225 e. The second-order valence-corrected chi connectivity index (χ2v) is 7.74. The lowest BCUT2D eigenvalue weighted by Crippen LogP contribution is -2.42. The highest BCUT2D eigenvalue weighted by Crippen LogP contribution is 2.32. The van der Waals surface area contributed by atoms with Gasteiger partial charge in [-0.15, -0.1) is 24.0 Å². The number of nitrogens with one attached hydrogen (secondary N) is 3. The van der Waals surface area contributed by atoms with E-state index in [-0.39, 0.29) is 35.8 Å². The molecule has 7 heteroatoms. The number of rotatable bonds is 8. The molecule has 0 bridgehead atoms. The highest BCUT2D eigenvalue weighted by molar-refractivity contribution is 14.0. The van der Waals surface area contributed by atoms with Crippen molar-refractivity contribution in [2.45, 2.75) is 57.5 Å². The number of nitrogens with zero attached hydrogens (tertiary/aromatic N) is 1. The summed E-state index contributed by atoms with van der Waals surface area (Å²) in [5, 5.41) is 9.76. The van der Waals surface area contributed by atoms with Crippen molar-refractivity contribution < 1.29 is 9.53 Å². The summed E-state index contributed by atoms with van der Waals surface area (Å²) in [6.07, 6.45) is 7.08. The Balaban J connectivity index is 0.00000300. The SMILES string of the molecule is CCOC(CCNC(=NC)NCC1CC(=O)Nc2ccccc21)C1CCCC1.I. The molecule has 3 N–H and O–H groups in total. The Hall–Kier alpha value is -1.35. The quantitative estimate of drug-likeness (QED) is 0.280. The average Bonchev–Trinajstić information content (AvgIpc) is 3.24. The lowest BCUT2D eigenvalue weighted by molar-refractivity contribution is -0.116. The molecule has 3 rings (SSSR count). The molecule has 0 radical (unpaired) electrons. The van der Waals surface area contributed by atoms with Crippen molar-refractivity contribution in [3.8, 4) is 0 Å². The van der Waals surface area contributed by atoms with Crippen molar-refractivity contribution in [2.75, 3.05) is 32.1 Å². The molecular weight excluding hydrogens is 479 g/mol. The van der Waals surface area contributed by atoms with Crippen LogP contribution in [0.2, 0.25) is 0 Å². The molecule has 1 aliphatic heterocycles. The second-order valence-electron chi connectivity index (χ2n) is 7.74. The Morgan fingerprint density at radius 3 is 2.76 bits per heavy atom. The zero-order chi connectivity index (χ0) is 19.8. The summed E-state index contributed by atoms with van der Waals surface area (Å²) in [5.74, 6) is 1.71. The summed E-state index contributed by atoms with van der Waals surface area (Å²) in [7, 11) is 1.79. The van der Waals surface area contributed by atoms with Gasteiger partial charge in [0.1, 0.15) is 0 Å². The lowest BCUT2D eigenvalue weighted by Gasteiger charge is -2.27. The normalized spacial score (nSPS) is 20.4. The van der Waals surface area contributed by atoms with E-state index in [0.717, 1.165) is 31.2 Å². The van der Waals surface area contributed by atoms with Crippen molar-refractivity contribution in [3.63, 3.8) is 0 Å². The number of aliphatic imine (C=N–C) groups is 1. The van der Waals surface area contributed by atoms with Crippen LogP contribution in [0.15, 0.2) is 29.3 Å². The fourth-order valence-electron chi connectivity index (χ4n) is 4.46. The van der Waals surface area contributed by atoms with Gasteiger partial charge in [-0.1, -0.05) is 31.0 Å². The number of halogens is 1. The molecule has 0 spiro atoms. The minimum absolute atomic E-state index is 0. The van der Waals surface area contributed by atoms with Crippen LogP contribution >= 0.6 is 24.0 Å². The van der Waals surface area contributed by atoms with Gasteiger partial charge < -0.3 is 20.7 Å². The molecular formula is C22H35IN4O2. The van der Waals surface area contributed by atoms with Crippen LogP contribution in [0.25, 0.3) is 0 Å². The van der Waals surface area contributed by atoms with E-state index < -0.39 is 0 Å². The lowest BCUT2D eigenvalue weighted by atomic mass is 9.90. The third kappa shape index (κ3) is 6.84. The Labute approximate surface area is 191 Å². The largest absolute Gasteiger partial charge is 0.378 e. The second kappa shape index (κ2) is 12.4. The van der Waals surface area contributed by atoms with Crippen LogP contribution in [-0.2, 0) is 9.53 Å². The molecule has 1 aromatic rings. The van der Waals surface area contributed by atoms with Gasteiger partial charge in [0.25, 0.3) is 0 Å². The summed E-state index contributed by atoms with van der Waals surface area (Å²) >= 11 is 0. The van der Waals surface area contributed by atoms with E-state index in [1.165, 1.54) is 31.2 Å². The average molecular weight is 514 g/mol. The smallest absolute Gasteiger partial charge is 0.225 e. The van der Waals surface area contributed by atoms with Gasteiger partial charge in [0.2, 0.25) is 5.91 Å². The Morgan fingerprint density at radius 2 is 2.03 bits per heavy atom. The molecule has 2 aliphatic rings. The van der Waals surface area contributed by atoms with Gasteiger partial charge in [0.15, 0.2) is 5.96 Å². The van der Waals surface area contributed by atoms with Crippen molar-refractivity contribution in [2.24, 2.45) is 10.9 Å². The van der Waals surface area contributed by atoms with E-state index in [1.54, 1.807) is 7.05 Å². The summed E-state index contributed by atoms with van der Waals surface area (Å²) in [5.41, 5.74) is 2.10. The van der Waals surface area contributed by atoms with E-state index in [4.69, 9.17) is 4.74 Å². The van der Waals surface area contributed by atoms with Crippen LogP contribution in [0.1, 0.15) is 56.9 Å². The van der Waals surface area contributed by atoms with Crippen molar-refractivity contribution >= 4 is 41.5 Å². The summed E-state index contributed by atoms with van der Waals surface area (Å²) in [4.78, 5) is 16.3. The first-order valence-electron chi connectivity index (χ1n) is 10.7. The van der Waals surface area contributed by atoms with Crippen molar-refractivity contribution in [1.29, 1.82) is 0 Å². The van der Waals surface area contributed by atoms with E-state index in [2.05, 4.69) is 33.9 Å². The molecule has 1 aliphatic carbocycles. The van der Waals surface area contributed by atoms with Crippen LogP contribution < -0.4 is 16.0 Å². The van der Waals surface area contributed by atoms with Crippen LogP contribution in [-0.4, -0.2) is 44.7 Å². The molecule has 0 aromatic heterocycles. The fraction of sp³-hybridized carbons (Fsp3) is 0.636. The zero-order valence-corrected chi connectivity index (χ0v) is 19.9. The molecule has 0 saturated heterocycles. The number of carbonyl (C=O) groups is 1. The third-order valence-electron chi connectivity index (χ3n) is 5.87. The molecule has 162 valence electrons. The predicted octanol–water partition coefficient (Wildman–Crippen LogP) is 3.88. The maximum absolute atomic E-state index is 12.0. The summed E-state index contributed by atoms with van der Waals surface area (Å²) < 4.78 is 6.00. The topological polar surface area (TPSA) is 74.8 Å². The number of benzene rings is 1. The van der Waals surface area contributed by atoms with E-state index in [9.17, 15) is 4.79 Å². The number of guanidine groups is 1. The van der Waals surface area contributed by atoms with E-state index in [1.807, 2.05) is 18.2 Å². The standard InChI is InChI=1S/C22H34N4O2.HI/c1-3-28-20(16-8-4-5-9-16)12-13-24-22(23-2)25-15-17-14-21(27)26-19-11-7-6-10-18(17)19;/h6-7,10-11,16-17,20H,3-5,8-9,12-15H2,1-2H3,(H,26,27)(H2,23,24,25);1H. The number of hydrogen-bond acceptors (Lipinski definition) is 3. The molecule has 1 amide bonds. The molecule has 2 unspecified atom stereocenters. The van der Waals surface area contributed by atoms with Gasteiger partial charge in [-0.25, -0.2) is 0 Å². The number of carbonyl (C=O) groups excluding carboxylic acids is 1. The van der Waals surface area contributed by atoms with Crippen LogP contribution in [0.5, 0.6) is 0 Å². The third-order valence-corrected chi connectivity index (χ3v) is 5.87. The molecule has 6 nitrogen and oxygen atoms in total. The first-order valence-corrected chi connectivity index (χ1v) is 10.7. The van der Waals surface area contributed by atoms with Crippen molar-refractivity contribution in [1.82, 2.24) is 10.6 Å². The van der Waals surface area contributed by atoms with E-state index in [0.29, 0.717) is 25.0 Å². The molecule has 29 heavy (non-hydrogen) atoms. The summed E-state index contributed by atoms with van der Waals surface area (Å²) in [6.45, 7) is 4.37. The van der Waals surface area contributed by atoms with E-state index >= 15 is 0 Å². The first-order chi connectivity index (χ1) is 13.7. The molecule has 1 fully saturated rings. The minimum atomic E-state index is 0. The number of ether oxygens (including phenoxy) is 1. The minimum Gasteiger partial charge on any atom is -0.378 e. The van der Waals surface area contributed by atoms with Gasteiger partial charge in [-0.05, 0) is 43.7 Å². The highest BCUT2D eigenvalue weighted by atomic mass is 127. The molecule has 1 saturated carbocycles. The van der Waals surface area contributed by atoms with Gasteiger partial charge in [0.05, 0.1) is 6.10 Å². The zero-order valence-electron chi connectivity index (χ0n) is 17.6. The van der Waals surface area contributed by atoms with Gasteiger partial charge in [0, 0.05) is 44.8 Å². The first kappa shape index (κ1) is 23.9. The Morgan fingerprint density at radius 1 is 1.28 bits per heavy atom. The monoisotopic (exact) mass is 514 g/mol. The number of anilines is 1. The number of amides is 1. The fourth-order valence-corrected chi connectivity index (χ4v) is 4.46. The Bertz CT molecular complexity index is 677. The summed E-state index contributed by atoms with van der Waals surface area (Å²) in [6, 6.07) is 8.02. The van der Waals surface area contributed by atoms with Crippen LogP contribution in [0.4, 0.5) is 5.69 Å². The van der Waals surface area contributed by atoms with Gasteiger partial charge >= 0.3 is 0 Å². The van der Waals surface area contributed by atoms with Crippen molar-refractivity contribution in [3.05, 3.63) is 29.8 Å². The highest BCUT2D eigenvalue weighted by Gasteiger charge is 2.26. The molecule has 1 aromatic carbocycles. The van der Waals surface area contributed by atoms with Gasteiger partial charge in [-0.3, -0.25) is 9.79 Å². The maximum atomic E-state index is 12.0. The number of para-hydroxylation sites is 1. The number of fused-ring (bicyclic) bond motifs is 1. The predicted molar refractivity (Wildman–Crippen MR) is 129 cm³/mol. The number of hydrogen-bond donors (Lipinski definition) is 3. The molecule has 1 heterocycles. The Kier molecular flexibility index (Phi) is 10.2.